The molecule has 0 fully saturated rings. The summed E-state index contributed by atoms with van der Waals surface area (Å²) in [5, 5.41) is 5.18. The predicted molar refractivity (Wildman–Crippen MR) is 154 cm³/mol. The molecule has 1 heterocycles. The molecule has 0 spiro atoms. The third kappa shape index (κ3) is 7.42. The van der Waals surface area contributed by atoms with Gasteiger partial charge < -0.3 is 4.42 Å². The highest BCUT2D eigenvalue weighted by atomic mass is 35.5. The SMILES string of the molecule is Cc1ccc(S(=O)(=O)N(Cc2ccc(Cl)c(Cl)c2)Cc2ccc(/C=N\NC(=O)c3ccc(Cl)cc3Cl)o2)cc1. The number of carbonyl (C=O) groups excluding carboxylic acids is 1. The molecule has 0 aliphatic heterocycles. The molecule has 0 radical (unpaired) electrons. The minimum Gasteiger partial charge on any atom is -0.459 e. The number of benzene rings is 3. The topological polar surface area (TPSA) is 92.0 Å². The maximum Gasteiger partial charge on any atom is 0.272 e. The lowest BCUT2D eigenvalue weighted by Crippen LogP contribution is -2.30. The summed E-state index contributed by atoms with van der Waals surface area (Å²) in [5.74, 6) is 0.130. The molecule has 0 atom stereocenters. The van der Waals surface area contributed by atoms with E-state index >= 15 is 0 Å². The van der Waals surface area contributed by atoms with Crippen LogP contribution >= 0.6 is 46.4 Å². The van der Waals surface area contributed by atoms with Crippen molar-refractivity contribution in [3.63, 3.8) is 0 Å². The fourth-order valence-electron chi connectivity index (χ4n) is 3.54. The van der Waals surface area contributed by atoms with Crippen molar-refractivity contribution < 1.29 is 17.6 Å². The van der Waals surface area contributed by atoms with Crippen LogP contribution in [0.15, 0.2) is 87.2 Å². The van der Waals surface area contributed by atoms with Gasteiger partial charge in [-0.25, -0.2) is 13.8 Å². The van der Waals surface area contributed by atoms with Crippen molar-refractivity contribution in [2.75, 3.05) is 0 Å². The van der Waals surface area contributed by atoms with E-state index in [-0.39, 0.29) is 28.6 Å². The van der Waals surface area contributed by atoms with Gasteiger partial charge in [-0.15, -0.1) is 0 Å². The Labute approximate surface area is 246 Å². The van der Waals surface area contributed by atoms with Gasteiger partial charge in [0.2, 0.25) is 10.0 Å². The Hall–Kier alpha value is -2.85. The smallest absolute Gasteiger partial charge is 0.272 e. The van der Waals surface area contributed by atoms with E-state index in [9.17, 15) is 13.2 Å². The molecule has 0 saturated heterocycles. The number of nitrogens with zero attached hydrogens (tertiary/aromatic N) is 2. The predicted octanol–water partition coefficient (Wildman–Crippen LogP) is 7.36. The molecule has 4 rings (SSSR count). The minimum absolute atomic E-state index is 0.0229. The molecule has 3 aromatic carbocycles. The van der Waals surface area contributed by atoms with Crippen molar-refractivity contribution >= 4 is 68.5 Å². The van der Waals surface area contributed by atoms with Crippen LogP contribution in [0.3, 0.4) is 0 Å². The number of amides is 1. The molecule has 1 aromatic heterocycles. The van der Waals surface area contributed by atoms with Crippen LogP contribution in [0.25, 0.3) is 0 Å². The molecule has 0 saturated carbocycles. The monoisotopic (exact) mass is 623 g/mol. The summed E-state index contributed by atoms with van der Waals surface area (Å²) in [6.07, 6.45) is 1.29. The van der Waals surface area contributed by atoms with Crippen LogP contribution in [-0.2, 0) is 23.1 Å². The Bertz CT molecular complexity index is 1640. The number of aryl methyl sites for hydroxylation is 1. The molecule has 202 valence electrons. The van der Waals surface area contributed by atoms with Gasteiger partial charge in [0.1, 0.15) is 11.5 Å². The summed E-state index contributed by atoms with van der Waals surface area (Å²) in [5.41, 5.74) is 4.16. The average molecular weight is 625 g/mol. The van der Waals surface area contributed by atoms with Crippen LogP contribution in [0.1, 0.15) is 33.0 Å². The third-order valence-corrected chi connectivity index (χ3v) is 8.64. The second-order valence-electron chi connectivity index (χ2n) is 8.46. The molecule has 39 heavy (non-hydrogen) atoms. The number of hydrazone groups is 1. The highest BCUT2D eigenvalue weighted by Crippen LogP contribution is 2.27. The van der Waals surface area contributed by atoms with Crippen molar-refractivity contribution in [1.82, 2.24) is 9.73 Å². The first-order valence-electron chi connectivity index (χ1n) is 11.4. The van der Waals surface area contributed by atoms with E-state index in [1.807, 2.05) is 6.92 Å². The lowest BCUT2D eigenvalue weighted by Gasteiger charge is -2.22. The molecule has 0 bridgehead atoms. The lowest BCUT2D eigenvalue weighted by molar-refractivity contribution is 0.0955. The highest BCUT2D eigenvalue weighted by molar-refractivity contribution is 7.89. The van der Waals surface area contributed by atoms with Crippen molar-refractivity contribution in [1.29, 1.82) is 0 Å². The second kappa shape index (κ2) is 12.6. The highest BCUT2D eigenvalue weighted by Gasteiger charge is 2.26. The van der Waals surface area contributed by atoms with Crippen LogP contribution in [0.4, 0.5) is 0 Å². The number of sulfonamides is 1. The van der Waals surface area contributed by atoms with E-state index in [1.165, 1.54) is 22.7 Å². The minimum atomic E-state index is -3.91. The molecule has 1 N–H and O–H groups in total. The molecule has 0 aliphatic rings. The third-order valence-electron chi connectivity index (χ3n) is 5.55. The number of hydrogen-bond donors (Lipinski definition) is 1. The fourth-order valence-corrected chi connectivity index (χ4v) is 5.75. The van der Waals surface area contributed by atoms with Gasteiger partial charge in [0.15, 0.2) is 0 Å². The Morgan fingerprint density at radius 1 is 0.897 bits per heavy atom. The van der Waals surface area contributed by atoms with E-state index in [4.69, 9.17) is 50.8 Å². The van der Waals surface area contributed by atoms with Gasteiger partial charge in [-0.05, 0) is 67.1 Å². The molecule has 7 nitrogen and oxygen atoms in total. The van der Waals surface area contributed by atoms with Gasteiger partial charge in [0.25, 0.3) is 5.91 Å². The lowest BCUT2D eigenvalue weighted by atomic mass is 10.2. The van der Waals surface area contributed by atoms with E-state index in [2.05, 4.69) is 10.5 Å². The van der Waals surface area contributed by atoms with Crippen molar-refractivity contribution in [2.45, 2.75) is 24.9 Å². The summed E-state index contributed by atoms with van der Waals surface area (Å²) in [7, 11) is -3.91. The summed E-state index contributed by atoms with van der Waals surface area (Å²) < 4.78 is 34.2. The van der Waals surface area contributed by atoms with Gasteiger partial charge in [-0.3, -0.25) is 4.79 Å². The first-order chi connectivity index (χ1) is 18.5. The fraction of sp³-hybridized carbons (Fsp3) is 0.111. The second-order valence-corrected chi connectivity index (χ2v) is 12.1. The number of hydrogen-bond acceptors (Lipinski definition) is 5. The van der Waals surface area contributed by atoms with Gasteiger partial charge in [-0.1, -0.05) is 70.2 Å². The van der Waals surface area contributed by atoms with Gasteiger partial charge in [0, 0.05) is 11.6 Å². The molecule has 4 aromatic rings. The summed E-state index contributed by atoms with van der Waals surface area (Å²) in [4.78, 5) is 12.5. The normalized spacial score (nSPS) is 11.8. The first-order valence-corrected chi connectivity index (χ1v) is 14.4. The van der Waals surface area contributed by atoms with E-state index in [1.54, 1.807) is 60.7 Å². The number of carbonyl (C=O) groups is 1. The van der Waals surface area contributed by atoms with E-state index in [0.717, 1.165) is 5.56 Å². The summed E-state index contributed by atoms with van der Waals surface area (Å²) in [6, 6.07) is 19.2. The van der Waals surface area contributed by atoms with Crippen LogP contribution in [0.5, 0.6) is 0 Å². The van der Waals surface area contributed by atoms with E-state index in [0.29, 0.717) is 32.2 Å². The standard InChI is InChI=1S/C27H21Cl4N3O4S/c1-17-2-8-22(9-3-17)39(36,37)34(15-18-4-11-24(29)26(31)12-18)16-21-7-6-20(38-21)14-32-33-27(35)23-10-5-19(28)13-25(23)30/h2-14H,15-16H2,1H3,(H,33,35)/b32-14-. The molecule has 0 aliphatic carbocycles. The molecule has 0 unspecified atom stereocenters. The van der Waals surface area contributed by atoms with Gasteiger partial charge >= 0.3 is 0 Å². The summed E-state index contributed by atoms with van der Waals surface area (Å²) >= 11 is 24.1. The molecular formula is C27H21Cl4N3O4S. The molecule has 1 amide bonds. The maximum atomic E-state index is 13.6. The quantitative estimate of drug-likeness (QED) is 0.156. The summed E-state index contributed by atoms with van der Waals surface area (Å²) in [6.45, 7) is 1.83. The molecular weight excluding hydrogens is 604 g/mol. The zero-order valence-electron chi connectivity index (χ0n) is 20.4. The average Bonchev–Trinajstić information content (AvgIpc) is 3.33. The maximum absolute atomic E-state index is 13.6. The van der Waals surface area contributed by atoms with Crippen LogP contribution in [-0.4, -0.2) is 24.8 Å². The Kier molecular flexibility index (Phi) is 9.38. The van der Waals surface area contributed by atoms with Gasteiger partial charge in [-0.2, -0.15) is 9.41 Å². The van der Waals surface area contributed by atoms with Crippen LogP contribution in [0.2, 0.25) is 20.1 Å². The number of furan rings is 1. The Balaban J connectivity index is 1.52. The van der Waals surface area contributed by atoms with Crippen molar-refractivity contribution in [3.8, 4) is 0 Å². The number of rotatable bonds is 9. The van der Waals surface area contributed by atoms with Crippen LogP contribution < -0.4 is 5.43 Å². The Morgan fingerprint density at radius 3 is 2.33 bits per heavy atom. The zero-order valence-corrected chi connectivity index (χ0v) is 24.2. The van der Waals surface area contributed by atoms with Crippen LogP contribution in [0, 0.1) is 6.92 Å². The largest absolute Gasteiger partial charge is 0.459 e. The van der Waals surface area contributed by atoms with Crippen molar-refractivity contribution in [2.24, 2.45) is 5.10 Å². The van der Waals surface area contributed by atoms with Crippen molar-refractivity contribution in [3.05, 3.63) is 121 Å². The van der Waals surface area contributed by atoms with Gasteiger partial charge in [0.05, 0.1) is 38.3 Å². The Morgan fingerprint density at radius 2 is 1.64 bits per heavy atom. The first kappa shape index (κ1) is 29.1. The zero-order chi connectivity index (χ0) is 28.2. The number of nitrogens with one attached hydrogen (secondary N) is 1. The number of halogens is 4. The van der Waals surface area contributed by atoms with E-state index < -0.39 is 15.9 Å². The molecule has 12 heteroatoms.